The van der Waals surface area contributed by atoms with Crippen molar-refractivity contribution in [3.8, 4) is 0 Å². The van der Waals surface area contributed by atoms with Gasteiger partial charge in [-0.25, -0.2) is 0 Å². The molecule has 1 rings (SSSR count). The molecule has 0 aliphatic carbocycles. The average molecular weight is 245 g/mol. The van der Waals surface area contributed by atoms with Crippen LogP contribution < -0.4 is 3.78 Å². The Hall–Kier alpha value is 0.0787. The first-order valence-corrected chi connectivity index (χ1v) is 8.83. The molecular weight excluding hydrogens is 231 g/mol. The van der Waals surface area contributed by atoms with E-state index in [1.54, 1.807) is 6.26 Å². The van der Waals surface area contributed by atoms with Crippen molar-refractivity contribution in [2.24, 2.45) is 0 Å². The van der Waals surface area contributed by atoms with Crippen molar-refractivity contribution in [1.82, 2.24) is 0 Å². The Bertz CT molecular complexity index is 158. The Labute approximate surface area is 72.0 Å². The number of hydrogen-bond acceptors (Lipinski definition) is 1. The van der Waals surface area contributed by atoms with Crippen LogP contribution in [0.5, 0.6) is 0 Å². The maximum absolute atomic E-state index is 5.27. The summed E-state index contributed by atoms with van der Waals surface area (Å²) in [7, 11) is 0. The van der Waals surface area contributed by atoms with Gasteiger partial charge in [0, 0.05) is 0 Å². The van der Waals surface area contributed by atoms with E-state index in [4.69, 9.17) is 4.42 Å². The normalized spacial score (nSPS) is 11.3. The van der Waals surface area contributed by atoms with Crippen LogP contribution in [0.15, 0.2) is 22.8 Å². The molecule has 0 saturated carbocycles. The third kappa shape index (κ3) is 2.77. The molecule has 0 radical (unpaired) electrons. The molecule has 1 nitrogen and oxygen atoms in total. The summed E-state index contributed by atoms with van der Waals surface area (Å²) in [6.07, 6.45) is 4.52. The third-order valence-electron chi connectivity index (χ3n) is 1.61. The average Bonchev–Trinajstić information content (AvgIpc) is 2.41. The second kappa shape index (κ2) is 4.83. The van der Waals surface area contributed by atoms with Gasteiger partial charge in [0.15, 0.2) is 0 Å². The van der Waals surface area contributed by atoms with Crippen molar-refractivity contribution >= 4 is 24.9 Å². The Kier molecular flexibility index (Phi) is 3.95. The molecule has 0 aliphatic heterocycles. The van der Waals surface area contributed by atoms with Crippen LogP contribution in [-0.2, 0) is 0 Å². The molecule has 0 saturated heterocycles. The standard InChI is InChI=1S/C4H3O.C4H9.Sn.2H/c1-2-4-5-3-1;1-3-4-2;;;/h1-3H;1,3-4H2,2H3;;;. The second-order valence-electron chi connectivity index (χ2n) is 2.54. The minimum atomic E-state index is -0.633. The first-order chi connectivity index (χ1) is 4.93. The molecule has 0 fully saturated rings. The molecule has 1 aromatic heterocycles. The Morgan fingerprint density at radius 1 is 1.60 bits per heavy atom. The predicted molar refractivity (Wildman–Crippen MR) is 46.6 cm³/mol. The third-order valence-corrected chi connectivity index (χ3v) is 6.60. The topological polar surface area (TPSA) is 13.1 Å². The summed E-state index contributed by atoms with van der Waals surface area (Å²) in [6, 6.07) is 4.13. The molecule has 0 amide bonds. The molecule has 2 heteroatoms. The van der Waals surface area contributed by atoms with Gasteiger partial charge < -0.3 is 0 Å². The molecule has 10 heavy (non-hydrogen) atoms. The zero-order chi connectivity index (χ0) is 7.23. The van der Waals surface area contributed by atoms with Crippen molar-refractivity contribution < 1.29 is 4.42 Å². The number of hydrogen-bond donors (Lipinski definition) is 0. The fraction of sp³-hybridized carbons (Fsp3) is 0.500. The Morgan fingerprint density at radius 2 is 2.50 bits per heavy atom. The van der Waals surface area contributed by atoms with Gasteiger partial charge in [-0.15, -0.1) is 0 Å². The predicted octanol–water partition coefficient (Wildman–Crippen LogP) is 1.29. The van der Waals surface area contributed by atoms with Crippen LogP contribution in [0.25, 0.3) is 0 Å². The summed E-state index contributed by atoms with van der Waals surface area (Å²) in [5, 5.41) is 0. The summed E-state index contributed by atoms with van der Waals surface area (Å²) in [5.41, 5.74) is 0. The van der Waals surface area contributed by atoms with Crippen LogP contribution in [0.3, 0.4) is 0 Å². The van der Waals surface area contributed by atoms with E-state index in [1.807, 2.05) is 6.07 Å². The van der Waals surface area contributed by atoms with Crippen LogP contribution >= 0.6 is 0 Å². The fourth-order valence-corrected chi connectivity index (χ4v) is 5.61. The molecular formula is C8H14OSn. The van der Waals surface area contributed by atoms with E-state index in [9.17, 15) is 0 Å². The monoisotopic (exact) mass is 246 g/mol. The van der Waals surface area contributed by atoms with E-state index in [0.717, 1.165) is 0 Å². The molecule has 1 aromatic rings. The van der Waals surface area contributed by atoms with Gasteiger partial charge in [-0.1, -0.05) is 0 Å². The quantitative estimate of drug-likeness (QED) is 0.575. The van der Waals surface area contributed by atoms with Gasteiger partial charge in [0.1, 0.15) is 0 Å². The molecule has 0 spiro atoms. The summed E-state index contributed by atoms with van der Waals surface area (Å²) < 4.78 is 8.07. The van der Waals surface area contributed by atoms with E-state index in [1.165, 1.54) is 21.1 Å². The number of unbranched alkanes of at least 4 members (excludes halogenated alkanes) is 1. The van der Waals surface area contributed by atoms with Crippen molar-refractivity contribution in [3.63, 3.8) is 0 Å². The van der Waals surface area contributed by atoms with Crippen LogP contribution in [0.1, 0.15) is 19.8 Å². The molecule has 0 bridgehead atoms. The van der Waals surface area contributed by atoms with Gasteiger partial charge >= 0.3 is 71.9 Å². The van der Waals surface area contributed by atoms with Crippen LogP contribution in [0.2, 0.25) is 4.44 Å². The molecule has 1 heterocycles. The van der Waals surface area contributed by atoms with Crippen LogP contribution in [0.4, 0.5) is 0 Å². The molecule has 0 aromatic carbocycles. The fourth-order valence-electron chi connectivity index (χ4n) is 1.00. The SMILES string of the molecule is CCC[CH2][SnH2][c]1ccco1. The molecule has 0 N–H and O–H groups in total. The van der Waals surface area contributed by atoms with Crippen molar-refractivity contribution in [2.75, 3.05) is 0 Å². The van der Waals surface area contributed by atoms with Crippen molar-refractivity contribution in [2.45, 2.75) is 24.2 Å². The van der Waals surface area contributed by atoms with E-state index in [0.29, 0.717) is 0 Å². The van der Waals surface area contributed by atoms with Crippen LogP contribution in [-0.4, -0.2) is 21.1 Å². The summed E-state index contributed by atoms with van der Waals surface area (Å²) >= 11 is -0.633. The van der Waals surface area contributed by atoms with Crippen molar-refractivity contribution in [3.05, 3.63) is 18.4 Å². The zero-order valence-corrected chi connectivity index (χ0v) is 10.5. The minimum absolute atomic E-state index is 0.633. The summed E-state index contributed by atoms with van der Waals surface area (Å²) in [6.45, 7) is 2.24. The van der Waals surface area contributed by atoms with Gasteiger partial charge in [0.25, 0.3) is 0 Å². The number of furan rings is 1. The molecule has 56 valence electrons. The van der Waals surface area contributed by atoms with Crippen molar-refractivity contribution in [1.29, 1.82) is 0 Å². The molecule has 0 atom stereocenters. The van der Waals surface area contributed by atoms with Gasteiger partial charge in [-0.05, 0) is 0 Å². The first kappa shape index (κ1) is 8.18. The van der Waals surface area contributed by atoms with Gasteiger partial charge in [-0.2, -0.15) is 0 Å². The summed E-state index contributed by atoms with van der Waals surface area (Å²) in [5.74, 6) is 0. The van der Waals surface area contributed by atoms with E-state index in [-0.39, 0.29) is 0 Å². The van der Waals surface area contributed by atoms with Gasteiger partial charge in [-0.3, -0.25) is 0 Å². The van der Waals surface area contributed by atoms with E-state index >= 15 is 0 Å². The van der Waals surface area contributed by atoms with Gasteiger partial charge in [0.05, 0.1) is 0 Å². The van der Waals surface area contributed by atoms with Crippen LogP contribution in [0, 0.1) is 0 Å². The zero-order valence-electron chi connectivity index (χ0n) is 6.47. The number of rotatable bonds is 4. The molecule has 0 aliphatic rings. The Morgan fingerprint density at radius 3 is 3.10 bits per heavy atom. The van der Waals surface area contributed by atoms with E-state index in [2.05, 4.69) is 13.0 Å². The Balaban J connectivity index is 2.15. The maximum atomic E-state index is 5.27. The summed E-state index contributed by atoms with van der Waals surface area (Å²) in [4.78, 5) is 0. The first-order valence-electron chi connectivity index (χ1n) is 3.96. The van der Waals surface area contributed by atoms with E-state index < -0.39 is 21.1 Å². The van der Waals surface area contributed by atoms with Gasteiger partial charge in [0.2, 0.25) is 0 Å². The second-order valence-corrected chi connectivity index (χ2v) is 7.97. The molecule has 0 unspecified atom stereocenters.